The highest BCUT2D eigenvalue weighted by Crippen LogP contribution is 2.18. The maximum absolute atomic E-state index is 12.3. The van der Waals surface area contributed by atoms with Crippen LogP contribution in [0, 0.1) is 0 Å². The van der Waals surface area contributed by atoms with Crippen LogP contribution in [0.4, 0.5) is 0 Å². The summed E-state index contributed by atoms with van der Waals surface area (Å²) in [4.78, 5) is 2.29. The second kappa shape index (κ2) is 8.21. The van der Waals surface area contributed by atoms with Gasteiger partial charge in [-0.25, -0.2) is 13.1 Å². The second-order valence-electron chi connectivity index (χ2n) is 6.02. The molecular weight excluding hydrogens is 316 g/mol. The molecule has 2 N–H and O–H groups in total. The molecule has 0 saturated carbocycles. The van der Waals surface area contributed by atoms with Gasteiger partial charge in [0.25, 0.3) is 0 Å². The van der Waals surface area contributed by atoms with E-state index in [2.05, 4.69) is 16.5 Å². The van der Waals surface area contributed by atoms with Crippen molar-refractivity contribution in [1.29, 1.82) is 0 Å². The van der Waals surface area contributed by atoms with Crippen molar-refractivity contribution < 1.29 is 18.3 Å². The van der Waals surface area contributed by atoms with Crippen LogP contribution in [0.5, 0.6) is 0 Å². The highest BCUT2D eigenvalue weighted by molar-refractivity contribution is 7.89. The molecule has 7 heteroatoms. The number of hydrogen-bond acceptors (Lipinski definition) is 5. The predicted molar refractivity (Wildman–Crippen MR) is 88.7 cm³/mol. The van der Waals surface area contributed by atoms with Gasteiger partial charge in [-0.2, -0.15) is 0 Å². The van der Waals surface area contributed by atoms with Gasteiger partial charge in [0.05, 0.1) is 29.8 Å². The summed E-state index contributed by atoms with van der Waals surface area (Å²) < 4.78 is 32.8. The SMILES string of the molecule is CCCCN(C)C[C@@H]1OC[C@H](NS(=O)(=O)c2ccccc2)[C@H]1O. The van der Waals surface area contributed by atoms with Crippen molar-refractivity contribution in [3.63, 3.8) is 0 Å². The minimum Gasteiger partial charge on any atom is -0.389 e. The number of likely N-dealkylation sites (N-methyl/N-ethyl adjacent to an activating group) is 1. The molecule has 23 heavy (non-hydrogen) atoms. The van der Waals surface area contributed by atoms with Gasteiger partial charge in [-0.3, -0.25) is 0 Å². The molecule has 1 fully saturated rings. The van der Waals surface area contributed by atoms with Crippen LogP contribution in [0.1, 0.15) is 19.8 Å². The van der Waals surface area contributed by atoms with Crippen LogP contribution in [-0.2, 0) is 14.8 Å². The summed E-state index contributed by atoms with van der Waals surface area (Å²) in [6.07, 6.45) is 0.972. The molecule has 6 nitrogen and oxygen atoms in total. The van der Waals surface area contributed by atoms with E-state index in [-0.39, 0.29) is 17.6 Å². The normalized spacial score (nSPS) is 25.1. The zero-order chi connectivity index (χ0) is 16.9. The molecule has 1 aromatic rings. The van der Waals surface area contributed by atoms with Crippen molar-refractivity contribution in [1.82, 2.24) is 9.62 Å². The summed E-state index contributed by atoms with van der Waals surface area (Å²) in [5, 5.41) is 10.4. The monoisotopic (exact) mass is 342 g/mol. The lowest BCUT2D eigenvalue weighted by Crippen LogP contribution is -2.46. The van der Waals surface area contributed by atoms with E-state index in [0.717, 1.165) is 19.4 Å². The number of aliphatic hydroxyl groups is 1. The summed E-state index contributed by atoms with van der Waals surface area (Å²) in [5.74, 6) is 0. The van der Waals surface area contributed by atoms with Gasteiger partial charge in [0.2, 0.25) is 10.0 Å². The van der Waals surface area contributed by atoms with E-state index in [1.54, 1.807) is 18.2 Å². The van der Waals surface area contributed by atoms with Gasteiger partial charge in [-0.05, 0) is 32.1 Å². The molecule has 1 aromatic carbocycles. The van der Waals surface area contributed by atoms with Gasteiger partial charge in [0.15, 0.2) is 0 Å². The molecule has 0 aliphatic carbocycles. The third-order valence-corrected chi connectivity index (χ3v) is 5.53. The molecule has 130 valence electrons. The number of unbranched alkanes of at least 4 members (excludes halogenated alkanes) is 1. The van der Waals surface area contributed by atoms with Crippen LogP contribution < -0.4 is 4.72 Å². The van der Waals surface area contributed by atoms with Gasteiger partial charge >= 0.3 is 0 Å². The topological polar surface area (TPSA) is 78.9 Å². The van der Waals surface area contributed by atoms with E-state index in [0.29, 0.717) is 6.54 Å². The van der Waals surface area contributed by atoms with Gasteiger partial charge in [-0.15, -0.1) is 0 Å². The molecule has 3 atom stereocenters. The van der Waals surface area contributed by atoms with Crippen LogP contribution in [0.15, 0.2) is 35.2 Å². The Hall–Kier alpha value is -0.990. The Balaban J connectivity index is 1.93. The summed E-state index contributed by atoms with van der Waals surface area (Å²) in [5.41, 5.74) is 0. The van der Waals surface area contributed by atoms with Gasteiger partial charge in [0, 0.05) is 6.54 Å². The van der Waals surface area contributed by atoms with Crippen LogP contribution >= 0.6 is 0 Å². The maximum Gasteiger partial charge on any atom is 0.240 e. The number of aliphatic hydroxyl groups excluding tert-OH is 1. The fourth-order valence-electron chi connectivity index (χ4n) is 2.64. The zero-order valence-electron chi connectivity index (χ0n) is 13.7. The summed E-state index contributed by atoms with van der Waals surface area (Å²) in [6.45, 7) is 3.83. The van der Waals surface area contributed by atoms with Crippen molar-refractivity contribution in [2.24, 2.45) is 0 Å². The number of nitrogens with zero attached hydrogens (tertiary/aromatic N) is 1. The summed E-state index contributed by atoms with van der Waals surface area (Å²) in [7, 11) is -1.67. The fraction of sp³-hybridized carbons (Fsp3) is 0.625. The first kappa shape index (κ1) is 18.4. The number of hydrogen-bond donors (Lipinski definition) is 2. The minimum absolute atomic E-state index is 0.180. The Labute approximate surface area is 138 Å². The number of rotatable bonds is 8. The highest BCUT2D eigenvalue weighted by Gasteiger charge is 2.38. The first-order chi connectivity index (χ1) is 10.9. The van der Waals surface area contributed by atoms with Gasteiger partial charge < -0.3 is 14.7 Å². The van der Waals surface area contributed by atoms with Crippen molar-refractivity contribution in [3.8, 4) is 0 Å². The van der Waals surface area contributed by atoms with Gasteiger partial charge in [-0.1, -0.05) is 31.5 Å². The Bertz CT molecular complexity index is 579. The molecule has 1 heterocycles. The average molecular weight is 342 g/mol. The van der Waals surface area contributed by atoms with E-state index in [9.17, 15) is 13.5 Å². The molecule has 0 spiro atoms. The molecule has 0 amide bonds. The first-order valence-corrected chi connectivity index (χ1v) is 9.48. The molecule has 1 aliphatic heterocycles. The molecule has 0 unspecified atom stereocenters. The zero-order valence-corrected chi connectivity index (χ0v) is 14.5. The smallest absolute Gasteiger partial charge is 0.240 e. The third-order valence-electron chi connectivity index (χ3n) is 4.03. The molecule has 2 rings (SSSR count). The number of ether oxygens (including phenoxy) is 1. The first-order valence-electron chi connectivity index (χ1n) is 7.99. The van der Waals surface area contributed by atoms with Crippen LogP contribution in [0.25, 0.3) is 0 Å². The van der Waals surface area contributed by atoms with E-state index < -0.39 is 22.2 Å². The fourth-order valence-corrected chi connectivity index (χ4v) is 3.90. The highest BCUT2D eigenvalue weighted by atomic mass is 32.2. The Kier molecular flexibility index (Phi) is 6.55. The maximum atomic E-state index is 12.3. The van der Waals surface area contributed by atoms with Crippen LogP contribution in [-0.4, -0.2) is 63.4 Å². The van der Waals surface area contributed by atoms with E-state index in [4.69, 9.17) is 4.74 Å². The standard InChI is InChI=1S/C16H26N2O4S/c1-3-4-10-18(2)11-15-16(19)14(12-22-15)17-23(20,21)13-8-6-5-7-9-13/h5-9,14-17,19H,3-4,10-12H2,1-2H3/t14-,15-,16+/m0/s1. The minimum atomic E-state index is -3.65. The van der Waals surface area contributed by atoms with E-state index in [1.807, 2.05) is 7.05 Å². The summed E-state index contributed by atoms with van der Waals surface area (Å²) in [6, 6.07) is 7.53. The van der Waals surface area contributed by atoms with Crippen LogP contribution in [0.2, 0.25) is 0 Å². The van der Waals surface area contributed by atoms with Crippen molar-refractivity contribution >= 4 is 10.0 Å². The quantitative estimate of drug-likeness (QED) is 0.731. The lowest BCUT2D eigenvalue weighted by atomic mass is 10.1. The molecule has 0 radical (unpaired) electrons. The second-order valence-corrected chi connectivity index (χ2v) is 7.73. The van der Waals surface area contributed by atoms with Crippen molar-refractivity contribution in [2.45, 2.75) is 42.9 Å². The largest absolute Gasteiger partial charge is 0.389 e. The lowest BCUT2D eigenvalue weighted by Gasteiger charge is -2.23. The Morgan fingerprint density at radius 2 is 2.04 bits per heavy atom. The van der Waals surface area contributed by atoms with Crippen LogP contribution in [0.3, 0.4) is 0 Å². The predicted octanol–water partition coefficient (Wildman–Crippen LogP) is 0.825. The number of sulfonamides is 1. The number of benzene rings is 1. The summed E-state index contributed by atoms with van der Waals surface area (Å²) >= 11 is 0. The van der Waals surface area contributed by atoms with Gasteiger partial charge in [0.1, 0.15) is 0 Å². The number of nitrogens with one attached hydrogen (secondary N) is 1. The Morgan fingerprint density at radius 1 is 1.35 bits per heavy atom. The third kappa shape index (κ3) is 4.99. The molecule has 0 bridgehead atoms. The lowest BCUT2D eigenvalue weighted by molar-refractivity contribution is 0.0203. The average Bonchev–Trinajstić information content (AvgIpc) is 2.86. The Morgan fingerprint density at radius 3 is 2.70 bits per heavy atom. The van der Waals surface area contributed by atoms with E-state index >= 15 is 0 Å². The molecule has 0 aromatic heterocycles. The molecular formula is C16H26N2O4S. The molecule has 1 saturated heterocycles. The van der Waals surface area contributed by atoms with E-state index in [1.165, 1.54) is 12.1 Å². The molecule has 1 aliphatic rings. The van der Waals surface area contributed by atoms with Crippen molar-refractivity contribution in [2.75, 3.05) is 26.7 Å². The van der Waals surface area contributed by atoms with Crippen molar-refractivity contribution in [3.05, 3.63) is 30.3 Å².